The zero-order chi connectivity index (χ0) is 36.1. The molecule has 4 atom stereocenters. The van der Waals surface area contributed by atoms with E-state index in [4.69, 9.17) is 14.2 Å². The van der Waals surface area contributed by atoms with Crippen molar-refractivity contribution in [2.24, 2.45) is 0 Å². The molecular formula is C43H51N3O6. The van der Waals surface area contributed by atoms with Gasteiger partial charge in [-0.05, 0) is 59.3 Å². The third-order valence-electron chi connectivity index (χ3n) is 10.0. The Balaban J connectivity index is 1.13. The first-order valence-corrected chi connectivity index (χ1v) is 18.6. The number of nitrogens with one attached hydrogen (secondary N) is 2. The predicted molar refractivity (Wildman–Crippen MR) is 201 cm³/mol. The number of rotatable bonds is 12. The van der Waals surface area contributed by atoms with Crippen LogP contribution in [0, 0.1) is 0 Å². The number of carbonyl (C=O) groups is 2. The molecule has 9 heteroatoms. The summed E-state index contributed by atoms with van der Waals surface area (Å²) in [5, 5.41) is 15.3. The van der Waals surface area contributed by atoms with Crippen LogP contribution in [-0.4, -0.2) is 60.9 Å². The summed E-state index contributed by atoms with van der Waals surface area (Å²) in [6.45, 7) is 3.37. The van der Waals surface area contributed by atoms with Crippen molar-refractivity contribution in [1.29, 1.82) is 0 Å². The van der Waals surface area contributed by atoms with Crippen molar-refractivity contribution in [1.82, 2.24) is 15.5 Å². The smallest absolute Gasteiger partial charge is 0.328 e. The molecule has 2 aliphatic rings. The van der Waals surface area contributed by atoms with Gasteiger partial charge in [-0.15, -0.1) is 0 Å². The Hall–Kier alpha value is -4.54. The van der Waals surface area contributed by atoms with Crippen molar-refractivity contribution in [3.63, 3.8) is 0 Å². The fraction of sp³-hybridized carbons (Fsp3) is 0.395. The predicted octanol–water partition coefficient (Wildman–Crippen LogP) is 7.24. The Bertz CT molecular complexity index is 1710. The van der Waals surface area contributed by atoms with Crippen molar-refractivity contribution in [2.75, 3.05) is 26.7 Å². The minimum atomic E-state index is -0.813. The topological polar surface area (TPSA) is 109 Å². The zero-order valence-electron chi connectivity index (χ0n) is 30.0. The fourth-order valence-electron chi connectivity index (χ4n) is 7.16. The van der Waals surface area contributed by atoms with E-state index >= 15 is 0 Å². The number of methoxy groups -OCH3 is 1. The van der Waals surface area contributed by atoms with Crippen LogP contribution in [0.5, 0.6) is 0 Å². The first-order chi connectivity index (χ1) is 25.5. The first kappa shape index (κ1) is 37.2. The fourth-order valence-corrected chi connectivity index (χ4v) is 7.16. The van der Waals surface area contributed by atoms with Crippen molar-refractivity contribution >= 4 is 12.0 Å². The molecule has 2 heterocycles. The minimum absolute atomic E-state index is 0.0124. The molecule has 2 aliphatic heterocycles. The van der Waals surface area contributed by atoms with Gasteiger partial charge in [0.05, 0.1) is 25.9 Å². The average molecular weight is 706 g/mol. The molecule has 4 unspecified atom stereocenters. The highest BCUT2D eigenvalue weighted by molar-refractivity contribution is 5.84. The molecule has 9 nitrogen and oxygen atoms in total. The molecule has 3 N–H and O–H groups in total. The van der Waals surface area contributed by atoms with Gasteiger partial charge in [-0.2, -0.15) is 0 Å². The Kier molecular flexibility index (Phi) is 13.5. The summed E-state index contributed by atoms with van der Waals surface area (Å²) >= 11 is 0. The second kappa shape index (κ2) is 18.8. The van der Waals surface area contributed by atoms with Gasteiger partial charge in [-0.25, -0.2) is 9.59 Å². The van der Waals surface area contributed by atoms with Crippen LogP contribution in [0.25, 0.3) is 11.1 Å². The van der Waals surface area contributed by atoms with Crippen LogP contribution in [0.2, 0.25) is 0 Å². The molecular weight excluding hydrogens is 654 g/mol. The van der Waals surface area contributed by atoms with Gasteiger partial charge in [0.2, 0.25) is 0 Å². The third-order valence-corrected chi connectivity index (χ3v) is 10.0. The normalized spacial score (nSPS) is 20.2. The lowest BCUT2D eigenvalue weighted by atomic mass is 9.97. The number of aliphatic hydroxyl groups is 1. The highest BCUT2D eigenvalue weighted by Gasteiger charge is 2.33. The monoisotopic (exact) mass is 705 g/mol. The molecule has 6 rings (SSSR count). The number of ether oxygens (including phenoxy) is 3. The lowest BCUT2D eigenvalue weighted by molar-refractivity contribution is -0.253. The van der Waals surface area contributed by atoms with Crippen molar-refractivity contribution in [3.05, 3.63) is 131 Å². The summed E-state index contributed by atoms with van der Waals surface area (Å²) in [6, 6.07) is 32.5. The molecule has 0 saturated carbocycles. The number of carbonyl (C=O) groups excluding carboxylic acids is 2. The van der Waals surface area contributed by atoms with E-state index in [1.54, 1.807) is 0 Å². The molecule has 0 aromatic heterocycles. The van der Waals surface area contributed by atoms with Gasteiger partial charge in [-0.1, -0.05) is 122 Å². The van der Waals surface area contributed by atoms with E-state index in [0.717, 1.165) is 65.0 Å². The number of benzene rings is 4. The maximum absolute atomic E-state index is 13.0. The molecule has 0 bridgehead atoms. The van der Waals surface area contributed by atoms with Crippen LogP contribution in [-0.2, 0) is 38.6 Å². The van der Waals surface area contributed by atoms with Gasteiger partial charge in [0, 0.05) is 31.5 Å². The standard InChI is InChI=1S/C43H51N3O6/c1-50-41(48)39(26-31-12-6-5-7-13-31)45-43(49)44-28-36-14-8-9-15-38(36)33-20-22-35(23-21-33)42-51-37(29-46-24-10-3-2-4-11-25-46)27-40(52-42)34-18-16-32(30-47)17-19-34/h5-9,12-23,37,39-40,42,47H,2-4,10-11,24-30H2,1H3,(H2,44,45,49). The van der Waals surface area contributed by atoms with Gasteiger partial charge in [0.25, 0.3) is 0 Å². The number of hydrogen-bond acceptors (Lipinski definition) is 7. The number of likely N-dealkylation sites (tertiary alicyclic amines) is 1. The SMILES string of the molecule is COC(=O)C(Cc1ccccc1)NC(=O)NCc1ccccc1-c1ccc(C2OC(CN3CCCCCCC3)CC(c3ccc(CO)cc3)O2)cc1. The van der Waals surface area contributed by atoms with E-state index in [2.05, 4.69) is 51.9 Å². The lowest BCUT2D eigenvalue weighted by Gasteiger charge is -2.39. The summed E-state index contributed by atoms with van der Waals surface area (Å²) < 4.78 is 18.3. The number of esters is 1. The number of hydrogen-bond donors (Lipinski definition) is 3. The van der Waals surface area contributed by atoms with Crippen LogP contribution < -0.4 is 10.6 Å². The summed E-state index contributed by atoms with van der Waals surface area (Å²) in [6.07, 6.45) is 6.82. The number of aliphatic hydroxyl groups excluding tert-OH is 1. The number of amides is 2. The first-order valence-electron chi connectivity index (χ1n) is 18.6. The van der Waals surface area contributed by atoms with Crippen LogP contribution in [0.1, 0.15) is 78.7 Å². The summed E-state index contributed by atoms with van der Waals surface area (Å²) in [5.41, 5.74) is 6.76. The van der Waals surface area contributed by atoms with Gasteiger partial charge in [-0.3, -0.25) is 0 Å². The van der Waals surface area contributed by atoms with E-state index in [1.165, 1.54) is 39.2 Å². The van der Waals surface area contributed by atoms with Crippen molar-refractivity contribution in [3.8, 4) is 11.1 Å². The minimum Gasteiger partial charge on any atom is -0.467 e. The Morgan fingerprint density at radius 2 is 1.48 bits per heavy atom. The summed E-state index contributed by atoms with van der Waals surface area (Å²) in [5.74, 6) is -0.500. The zero-order valence-corrected chi connectivity index (χ0v) is 30.0. The maximum atomic E-state index is 13.0. The molecule has 0 radical (unpaired) electrons. The van der Waals surface area contributed by atoms with Crippen LogP contribution >= 0.6 is 0 Å². The highest BCUT2D eigenvalue weighted by Crippen LogP contribution is 2.39. The van der Waals surface area contributed by atoms with E-state index < -0.39 is 24.3 Å². The molecule has 0 spiro atoms. The molecule has 52 heavy (non-hydrogen) atoms. The van der Waals surface area contributed by atoms with Gasteiger partial charge >= 0.3 is 12.0 Å². The highest BCUT2D eigenvalue weighted by atomic mass is 16.7. The lowest BCUT2D eigenvalue weighted by Crippen LogP contribution is -2.47. The van der Waals surface area contributed by atoms with Crippen molar-refractivity contribution in [2.45, 2.75) is 82.6 Å². The summed E-state index contributed by atoms with van der Waals surface area (Å²) in [4.78, 5) is 28.0. The molecule has 2 saturated heterocycles. The van der Waals surface area contributed by atoms with E-state index in [-0.39, 0.29) is 25.4 Å². The molecule has 2 amide bonds. The number of nitrogens with zero attached hydrogens (tertiary/aromatic N) is 1. The molecule has 274 valence electrons. The van der Waals surface area contributed by atoms with E-state index in [0.29, 0.717) is 6.42 Å². The van der Waals surface area contributed by atoms with E-state index in [1.807, 2.05) is 66.7 Å². The van der Waals surface area contributed by atoms with E-state index in [9.17, 15) is 14.7 Å². The maximum Gasteiger partial charge on any atom is 0.328 e. The molecule has 4 aromatic carbocycles. The number of urea groups is 1. The second-order valence-electron chi connectivity index (χ2n) is 13.8. The van der Waals surface area contributed by atoms with Crippen LogP contribution in [0.3, 0.4) is 0 Å². The summed E-state index contributed by atoms with van der Waals surface area (Å²) in [7, 11) is 1.32. The molecule has 2 fully saturated rings. The van der Waals surface area contributed by atoms with Gasteiger partial charge in [0.1, 0.15) is 6.04 Å². The van der Waals surface area contributed by atoms with Crippen LogP contribution in [0.4, 0.5) is 4.79 Å². The molecule has 4 aromatic rings. The Morgan fingerprint density at radius 1 is 0.808 bits per heavy atom. The van der Waals surface area contributed by atoms with Crippen LogP contribution in [0.15, 0.2) is 103 Å². The largest absolute Gasteiger partial charge is 0.467 e. The third kappa shape index (κ3) is 10.3. The molecule has 0 aliphatic carbocycles. The average Bonchev–Trinajstić information content (AvgIpc) is 3.18. The second-order valence-corrected chi connectivity index (χ2v) is 13.8. The van der Waals surface area contributed by atoms with Crippen molar-refractivity contribution < 1.29 is 28.9 Å². The Labute approximate surface area is 307 Å². The van der Waals surface area contributed by atoms with Gasteiger partial charge < -0.3 is 34.9 Å². The quantitative estimate of drug-likeness (QED) is 0.133. The van der Waals surface area contributed by atoms with Gasteiger partial charge in [0.15, 0.2) is 6.29 Å². The Morgan fingerprint density at radius 3 is 2.19 bits per heavy atom.